The van der Waals surface area contributed by atoms with E-state index in [-0.39, 0.29) is 5.91 Å². The minimum absolute atomic E-state index is 0.0655. The smallest absolute Gasteiger partial charge is 0.261 e. The Labute approximate surface area is 115 Å². The average molecular weight is 316 g/mol. The van der Waals surface area contributed by atoms with E-state index in [4.69, 9.17) is 0 Å². The number of amides is 1. The van der Waals surface area contributed by atoms with Crippen LogP contribution >= 0.6 is 27.3 Å². The Morgan fingerprint density at radius 1 is 1.59 bits per heavy atom. The maximum absolute atomic E-state index is 12.0. The van der Waals surface area contributed by atoms with E-state index in [0.29, 0.717) is 11.3 Å². The fraction of sp³-hybridized carbons (Fsp3) is 0.615. The highest BCUT2D eigenvalue weighted by atomic mass is 79.9. The van der Waals surface area contributed by atoms with E-state index in [1.807, 2.05) is 13.0 Å². The van der Waals surface area contributed by atoms with E-state index in [1.165, 1.54) is 24.2 Å². The van der Waals surface area contributed by atoms with Crippen LogP contribution < -0.4 is 5.32 Å². The van der Waals surface area contributed by atoms with Gasteiger partial charge in [0.25, 0.3) is 5.91 Å². The molecule has 0 aliphatic heterocycles. The molecule has 1 N–H and O–H groups in total. The van der Waals surface area contributed by atoms with Crippen molar-refractivity contribution < 1.29 is 4.79 Å². The molecule has 4 heteroatoms. The van der Waals surface area contributed by atoms with E-state index >= 15 is 0 Å². The van der Waals surface area contributed by atoms with Crippen LogP contribution in [0.25, 0.3) is 0 Å². The van der Waals surface area contributed by atoms with E-state index in [9.17, 15) is 4.79 Å². The normalized spacial score (nSPS) is 17.2. The van der Waals surface area contributed by atoms with Crippen LogP contribution in [0.2, 0.25) is 0 Å². The molecule has 1 fully saturated rings. The lowest BCUT2D eigenvalue weighted by atomic mass is 9.92. The fourth-order valence-electron chi connectivity index (χ4n) is 2.03. The summed E-state index contributed by atoms with van der Waals surface area (Å²) >= 11 is 4.96. The Balaban J connectivity index is 1.94. The van der Waals surface area contributed by atoms with Gasteiger partial charge in [-0.3, -0.25) is 4.79 Å². The summed E-state index contributed by atoms with van der Waals surface area (Å²) in [6.07, 6.45) is 2.50. The number of carbonyl (C=O) groups is 1. The Hall–Kier alpha value is -0.350. The zero-order valence-corrected chi connectivity index (χ0v) is 12.9. The lowest BCUT2D eigenvalue weighted by Crippen LogP contribution is -2.32. The Kier molecular flexibility index (Phi) is 3.64. The molecule has 0 atom stereocenters. The fourth-order valence-corrected chi connectivity index (χ4v) is 3.49. The molecule has 1 saturated carbocycles. The number of nitrogens with one attached hydrogen (secondary N) is 1. The van der Waals surface area contributed by atoms with Crippen LogP contribution in [-0.2, 0) is 0 Å². The molecule has 94 valence electrons. The zero-order valence-electron chi connectivity index (χ0n) is 10.5. The van der Waals surface area contributed by atoms with Crippen molar-refractivity contribution >= 4 is 33.2 Å². The van der Waals surface area contributed by atoms with Crippen molar-refractivity contribution in [2.24, 2.45) is 11.3 Å². The molecule has 0 saturated heterocycles. The van der Waals surface area contributed by atoms with Gasteiger partial charge >= 0.3 is 0 Å². The minimum atomic E-state index is 0.0655. The number of rotatable bonds is 4. The van der Waals surface area contributed by atoms with Crippen LogP contribution in [0.5, 0.6) is 0 Å². The number of thiophene rings is 1. The largest absolute Gasteiger partial charge is 0.351 e. The van der Waals surface area contributed by atoms with Crippen LogP contribution in [0.1, 0.15) is 41.9 Å². The second-order valence-electron chi connectivity index (χ2n) is 5.27. The van der Waals surface area contributed by atoms with Crippen LogP contribution in [-0.4, -0.2) is 12.5 Å². The standard InChI is InChI=1S/C13H18BrNOS/c1-8(2)13(4-5-13)7-15-12(16)10-6-9(3)11(14)17-10/h6,8H,4-5,7H2,1-3H3,(H,15,16). The Bertz CT molecular complexity index is 415. The number of carbonyl (C=O) groups excluding carboxylic acids is 1. The van der Waals surface area contributed by atoms with Crippen LogP contribution in [0.15, 0.2) is 9.85 Å². The first-order valence-electron chi connectivity index (χ1n) is 5.99. The zero-order chi connectivity index (χ0) is 12.6. The lowest BCUT2D eigenvalue weighted by Gasteiger charge is -2.19. The van der Waals surface area contributed by atoms with Crippen molar-refractivity contribution in [2.45, 2.75) is 33.6 Å². The molecule has 1 aliphatic carbocycles. The average Bonchev–Trinajstić information content (AvgIpc) is 2.99. The van der Waals surface area contributed by atoms with Gasteiger partial charge in [-0.05, 0) is 58.7 Å². The maximum atomic E-state index is 12.0. The summed E-state index contributed by atoms with van der Waals surface area (Å²) < 4.78 is 1.05. The predicted molar refractivity (Wildman–Crippen MR) is 75.6 cm³/mol. The number of hydrogen-bond acceptors (Lipinski definition) is 2. The highest BCUT2D eigenvalue weighted by Gasteiger charge is 2.45. The molecule has 1 aromatic rings. The van der Waals surface area contributed by atoms with Crippen LogP contribution in [0.4, 0.5) is 0 Å². The van der Waals surface area contributed by atoms with Crippen molar-refractivity contribution in [3.63, 3.8) is 0 Å². The van der Waals surface area contributed by atoms with Gasteiger partial charge in [-0.2, -0.15) is 0 Å². The summed E-state index contributed by atoms with van der Waals surface area (Å²) in [4.78, 5) is 12.8. The monoisotopic (exact) mass is 315 g/mol. The first-order chi connectivity index (χ1) is 7.94. The van der Waals surface area contributed by atoms with Gasteiger partial charge in [-0.1, -0.05) is 13.8 Å². The Morgan fingerprint density at radius 3 is 2.65 bits per heavy atom. The molecule has 17 heavy (non-hydrogen) atoms. The number of halogens is 1. The first kappa shape index (κ1) is 13.1. The van der Waals surface area contributed by atoms with E-state index < -0.39 is 0 Å². The highest BCUT2D eigenvalue weighted by molar-refractivity contribution is 9.11. The second-order valence-corrected chi connectivity index (χ2v) is 7.64. The molecule has 0 unspecified atom stereocenters. The third kappa shape index (κ3) is 2.74. The van der Waals surface area contributed by atoms with Crippen LogP contribution in [0, 0.1) is 18.3 Å². The molecule has 0 aromatic carbocycles. The van der Waals surface area contributed by atoms with Gasteiger partial charge in [0.2, 0.25) is 0 Å². The number of aryl methyl sites for hydroxylation is 1. The predicted octanol–water partition coefficient (Wildman–Crippen LogP) is 3.99. The quantitative estimate of drug-likeness (QED) is 0.894. The molecule has 1 aromatic heterocycles. The summed E-state index contributed by atoms with van der Waals surface area (Å²) in [6.45, 7) is 7.31. The van der Waals surface area contributed by atoms with Gasteiger partial charge in [0, 0.05) is 6.54 Å². The summed E-state index contributed by atoms with van der Waals surface area (Å²) in [5.41, 5.74) is 1.50. The molecular formula is C13H18BrNOS. The van der Waals surface area contributed by atoms with Gasteiger partial charge in [-0.15, -0.1) is 11.3 Å². The van der Waals surface area contributed by atoms with E-state index in [2.05, 4.69) is 35.1 Å². The van der Waals surface area contributed by atoms with Crippen molar-refractivity contribution in [1.82, 2.24) is 5.32 Å². The summed E-state index contributed by atoms with van der Waals surface area (Å²) in [7, 11) is 0. The maximum Gasteiger partial charge on any atom is 0.261 e. The molecule has 0 bridgehead atoms. The molecule has 1 aliphatic rings. The van der Waals surface area contributed by atoms with Crippen LogP contribution in [0.3, 0.4) is 0 Å². The molecule has 1 heterocycles. The third-order valence-corrected chi connectivity index (χ3v) is 5.93. The lowest BCUT2D eigenvalue weighted by molar-refractivity contribution is 0.0944. The van der Waals surface area contributed by atoms with E-state index in [0.717, 1.165) is 20.8 Å². The van der Waals surface area contributed by atoms with Gasteiger partial charge in [0.15, 0.2) is 0 Å². The van der Waals surface area contributed by atoms with Crippen molar-refractivity contribution in [1.29, 1.82) is 0 Å². The van der Waals surface area contributed by atoms with Gasteiger partial charge in [0.05, 0.1) is 8.66 Å². The van der Waals surface area contributed by atoms with Gasteiger partial charge in [0.1, 0.15) is 0 Å². The van der Waals surface area contributed by atoms with Gasteiger partial charge < -0.3 is 5.32 Å². The second kappa shape index (κ2) is 4.73. The molecule has 2 rings (SSSR count). The van der Waals surface area contributed by atoms with E-state index in [1.54, 1.807) is 0 Å². The molecule has 0 radical (unpaired) electrons. The number of hydrogen-bond donors (Lipinski definition) is 1. The SMILES string of the molecule is Cc1cc(C(=O)NCC2(C(C)C)CC2)sc1Br. The van der Waals surface area contributed by atoms with Gasteiger partial charge in [-0.25, -0.2) is 0 Å². The van der Waals surface area contributed by atoms with Crippen molar-refractivity contribution in [3.8, 4) is 0 Å². The minimum Gasteiger partial charge on any atom is -0.351 e. The molecule has 0 spiro atoms. The van der Waals surface area contributed by atoms with Crippen molar-refractivity contribution in [3.05, 3.63) is 20.3 Å². The molecule has 1 amide bonds. The topological polar surface area (TPSA) is 29.1 Å². The molecule has 2 nitrogen and oxygen atoms in total. The summed E-state index contributed by atoms with van der Waals surface area (Å²) in [6, 6.07) is 1.94. The molecular weight excluding hydrogens is 298 g/mol. The van der Waals surface area contributed by atoms with Crippen molar-refractivity contribution in [2.75, 3.05) is 6.54 Å². The Morgan fingerprint density at radius 2 is 2.24 bits per heavy atom. The summed E-state index contributed by atoms with van der Waals surface area (Å²) in [5.74, 6) is 0.718. The third-order valence-electron chi connectivity index (χ3n) is 3.80. The summed E-state index contributed by atoms with van der Waals surface area (Å²) in [5, 5.41) is 3.07. The first-order valence-corrected chi connectivity index (χ1v) is 7.60. The highest BCUT2D eigenvalue weighted by Crippen LogP contribution is 2.51.